The van der Waals surface area contributed by atoms with E-state index in [1.165, 1.54) is 7.11 Å². The van der Waals surface area contributed by atoms with E-state index in [0.717, 1.165) is 25.9 Å². The summed E-state index contributed by atoms with van der Waals surface area (Å²) in [5.41, 5.74) is 0. The van der Waals surface area contributed by atoms with Crippen molar-refractivity contribution in [3.05, 3.63) is 0 Å². The topological polar surface area (TPSA) is 58.6 Å². The van der Waals surface area contributed by atoms with E-state index in [1.54, 1.807) is 0 Å². The van der Waals surface area contributed by atoms with E-state index in [1.807, 2.05) is 6.92 Å². The molecule has 0 saturated carbocycles. The Kier molecular flexibility index (Phi) is 3.66. The van der Waals surface area contributed by atoms with E-state index in [9.17, 15) is 9.59 Å². The first-order valence-electron chi connectivity index (χ1n) is 6.23. The molecule has 5 nitrogen and oxygen atoms in total. The highest BCUT2D eigenvalue weighted by Crippen LogP contribution is 2.26. The summed E-state index contributed by atoms with van der Waals surface area (Å²) in [6.07, 6.45) is 2.47. The maximum absolute atomic E-state index is 11.5. The number of methoxy groups -OCH3 is 1. The maximum atomic E-state index is 11.5. The van der Waals surface area contributed by atoms with Crippen LogP contribution >= 0.6 is 0 Å². The Bertz CT molecular complexity index is 319. The number of ether oxygens (including phenoxy) is 1. The average molecular weight is 240 g/mol. The highest BCUT2D eigenvalue weighted by atomic mass is 16.5. The van der Waals surface area contributed by atoms with E-state index in [4.69, 9.17) is 4.74 Å². The van der Waals surface area contributed by atoms with Gasteiger partial charge in [-0.15, -0.1) is 0 Å². The third kappa shape index (κ3) is 2.60. The van der Waals surface area contributed by atoms with Crippen molar-refractivity contribution in [2.45, 2.75) is 38.3 Å². The molecule has 2 aliphatic rings. The standard InChI is InChI=1S/C12H20N2O3/c1-8(12(16)17-2)14-6-5-10-9(7-14)3-4-11(15)13-10/h8-10H,3-7H2,1-2H3,(H,13,15). The number of rotatable bonds is 2. The number of piperidine rings is 2. The molecular formula is C12H20N2O3. The number of amides is 1. The zero-order valence-corrected chi connectivity index (χ0v) is 10.4. The second kappa shape index (κ2) is 5.04. The minimum Gasteiger partial charge on any atom is -0.468 e. The third-order valence-corrected chi connectivity index (χ3v) is 3.94. The fourth-order valence-corrected chi connectivity index (χ4v) is 2.81. The van der Waals surface area contributed by atoms with Gasteiger partial charge < -0.3 is 10.1 Å². The Morgan fingerprint density at radius 2 is 2.29 bits per heavy atom. The van der Waals surface area contributed by atoms with E-state index in [0.29, 0.717) is 18.4 Å². The summed E-state index contributed by atoms with van der Waals surface area (Å²) < 4.78 is 4.77. The zero-order chi connectivity index (χ0) is 12.4. The number of nitrogens with zero attached hydrogens (tertiary/aromatic N) is 1. The highest BCUT2D eigenvalue weighted by molar-refractivity contribution is 5.77. The molecule has 2 rings (SSSR count). The van der Waals surface area contributed by atoms with Gasteiger partial charge in [0.05, 0.1) is 7.11 Å². The fourth-order valence-electron chi connectivity index (χ4n) is 2.81. The van der Waals surface area contributed by atoms with Crippen molar-refractivity contribution in [3.8, 4) is 0 Å². The molecule has 3 atom stereocenters. The molecule has 5 heteroatoms. The molecule has 0 bridgehead atoms. The van der Waals surface area contributed by atoms with Crippen molar-refractivity contribution >= 4 is 11.9 Å². The van der Waals surface area contributed by atoms with Crippen molar-refractivity contribution in [2.24, 2.45) is 5.92 Å². The normalized spacial score (nSPS) is 31.3. The summed E-state index contributed by atoms with van der Waals surface area (Å²) in [4.78, 5) is 24.9. The summed E-state index contributed by atoms with van der Waals surface area (Å²) in [5.74, 6) is 0.470. The van der Waals surface area contributed by atoms with E-state index in [-0.39, 0.29) is 17.9 Å². The Labute approximate surface area is 101 Å². The van der Waals surface area contributed by atoms with Crippen LogP contribution in [-0.4, -0.2) is 49.1 Å². The van der Waals surface area contributed by atoms with Crippen molar-refractivity contribution in [1.82, 2.24) is 10.2 Å². The minimum absolute atomic E-state index is 0.167. The van der Waals surface area contributed by atoms with Crippen LogP contribution in [0.1, 0.15) is 26.2 Å². The number of hydrogen-bond acceptors (Lipinski definition) is 4. The van der Waals surface area contributed by atoms with Crippen molar-refractivity contribution in [1.29, 1.82) is 0 Å². The van der Waals surface area contributed by atoms with Gasteiger partial charge in [0.25, 0.3) is 0 Å². The van der Waals surface area contributed by atoms with Gasteiger partial charge in [0.1, 0.15) is 6.04 Å². The van der Waals surface area contributed by atoms with Gasteiger partial charge >= 0.3 is 5.97 Å². The van der Waals surface area contributed by atoms with Gasteiger partial charge in [0.15, 0.2) is 0 Å². The van der Waals surface area contributed by atoms with Crippen LogP contribution in [-0.2, 0) is 14.3 Å². The van der Waals surface area contributed by atoms with Crippen molar-refractivity contribution in [2.75, 3.05) is 20.2 Å². The number of hydrogen-bond donors (Lipinski definition) is 1. The first-order chi connectivity index (χ1) is 8.11. The molecule has 2 heterocycles. The monoisotopic (exact) mass is 240 g/mol. The minimum atomic E-state index is -0.182. The molecule has 2 aliphatic heterocycles. The molecule has 17 heavy (non-hydrogen) atoms. The molecule has 1 N–H and O–H groups in total. The lowest BCUT2D eigenvalue weighted by Crippen LogP contribution is -2.56. The largest absolute Gasteiger partial charge is 0.468 e. The third-order valence-electron chi connectivity index (χ3n) is 3.94. The molecule has 0 aromatic rings. The average Bonchev–Trinajstić information content (AvgIpc) is 2.36. The molecule has 96 valence electrons. The Morgan fingerprint density at radius 1 is 1.53 bits per heavy atom. The Morgan fingerprint density at radius 3 is 3.00 bits per heavy atom. The molecule has 0 spiro atoms. The predicted molar refractivity (Wildman–Crippen MR) is 62.3 cm³/mol. The van der Waals surface area contributed by atoms with Gasteiger partial charge in [-0.25, -0.2) is 0 Å². The second-order valence-electron chi connectivity index (χ2n) is 4.96. The van der Waals surface area contributed by atoms with Gasteiger partial charge in [-0.3, -0.25) is 14.5 Å². The summed E-state index contributed by atoms with van der Waals surface area (Å²) in [6, 6.07) is 0.121. The summed E-state index contributed by atoms with van der Waals surface area (Å²) in [6.45, 7) is 3.60. The number of likely N-dealkylation sites (tertiary alicyclic amines) is 1. The molecule has 2 fully saturated rings. The smallest absolute Gasteiger partial charge is 0.322 e. The molecule has 1 amide bonds. The number of carbonyl (C=O) groups is 2. The van der Waals surface area contributed by atoms with Crippen LogP contribution in [0, 0.1) is 5.92 Å². The van der Waals surface area contributed by atoms with E-state index >= 15 is 0 Å². The number of carbonyl (C=O) groups excluding carboxylic acids is 2. The molecule has 3 unspecified atom stereocenters. The van der Waals surface area contributed by atoms with Crippen molar-refractivity contribution in [3.63, 3.8) is 0 Å². The van der Waals surface area contributed by atoms with Crippen LogP contribution in [0.3, 0.4) is 0 Å². The summed E-state index contributed by atoms with van der Waals surface area (Å²) >= 11 is 0. The molecule has 0 radical (unpaired) electrons. The zero-order valence-electron chi connectivity index (χ0n) is 10.4. The lowest BCUT2D eigenvalue weighted by atomic mass is 9.84. The number of esters is 1. The van der Waals surface area contributed by atoms with Crippen LogP contribution in [0.5, 0.6) is 0 Å². The number of nitrogens with one attached hydrogen (secondary N) is 1. The first kappa shape index (κ1) is 12.4. The van der Waals surface area contributed by atoms with Gasteiger partial charge in [-0.1, -0.05) is 0 Å². The lowest BCUT2D eigenvalue weighted by molar-refractivity contribution is -0.147. The maximum Gasteiger partial charge on any atom is 0.322 e. The highest BCUT2D eigenvalue weighted by Gasteiger charge is 2.36. The van der Waals surface area contributed by atoms with Crippen molar-refractivity contribution < 1.29 is 14.3 Å². The van der Waals surface area contributed by atoms with Crippen LogP contribution in [0.4, 0.5) is 0 Å². The Hall–Kier alpha value is -1.10. The van der Waals surface area contributed by atoms with Crippen LogP contribution in [0.25, 0.3) is 0 Å². The van der Waals surface area contributed by atoms with Gasteiger partial charge in [-0.2, -0.15) is 0 Å². The quantitative estimate of drug-likeness (QED) is 0.698. The lowest BCUT2D eigenvalue weighted by Gasteiger charge is -2.42. The van der Waals surface area contributed by atoms with Gasteiger partial charge in [0.2, 0.25) is 5.91 Å². The van der Waals surface area contributed by atoms with E-state index < -0.39 is 0 Å². The molecule has 0 aliphatic carbocycles. The SMILES string of the molecule is COC(=O)C(C)N1CCC2NC(=O)CCC2C1. The Balaban J connectivity index is 1.94. The number of fused-ring (bicyclic) bond motifs is 1. The predicted octanol–water partition coefficient (Wildman–Crippen LogP) is 0.148. The molecule has 0 aromatic heterocycles. The molecule has 0 aromatic carbocycles. The van der Waals surface area contributed by atoms with Crippen LogP contribution in [0.15, 0.2) is 0 Å². The molecular weight excluding hydrogens is 220 g/mol. The molecule has 2 saturated heterocycles. The summed E-state index contributed by atoms with van der Waals surface area (Å²) in [7, 11) is 1.42. The van der Waals surface area contributed by atoms with E-state index in [2.05, 4.69) is 10.2 Å². The first-order valence-corrected chi connectivity index (χ1v) is 6.23. The summed E-state index contributed by atoms with van der Waals surface area (Å²) in [5, 5.41) is 3.04. The van der Waals surface area contributed by atoms with Crippen LogP contribution < -0.4 is 5.32 Å². The van der Waals surface area contributed by atoms with Gasteiger partial charge in [0, 0.05) is 25.6 Å². The van der Waals surface area contributed by atoms with Gasteiger partial charge in [-0.05, 0) is 25.7 Å². The fraction of sp³-hybridized carbons (Fsp3) is 0.833. The second-order valence-corrected chi connectivity index (χ2v) is 4.96. The van der Waals surface area contributed by atoms with Crippen LogP contribution in [0.2, 0.25) is 0 Å².